The molecule has 3 rings (SSSR count). The van der Waals surface area contributed by atoms with Crippen LogP contribution < -0.4 is 11.2 Å². The van der Waals surface area contributed by atoms with Gasteiger partial charge in [0, 0.05) is 58.6 Å². The Morgan fingerprint density at radius 2 is 1.62 bits per heavy atom. The average molecular weight is 410 g/mol. The smallest absolute Gasteiger partial charge is 0.336 e. The van der Waals surface area contributed by atoms with Gasteiger partial charge in [-0.15, -0.1) is 0 Å². The van der Waals surface area contributed by atoms with Crippen molar-refractivity contribution in [2.45, 2.75) is 12.7 Å². The predicted octanol–water partition coefficient (Wildman–Crippen LogP) is 1.06. The third-order valence-electron chi connectivity index (χ3n) is 5.13. The van der Waals surface area contributed by atoms with Gasteiger partial charge in [0.15, 0.2) is 0 Å². The molecule has 0 radical (unpaired) electrons. The summed E-state index contributed by atoms with van der Waals surface area (Å²) in [6, 6.07) is 6.15. The number of rotatable bonds is 3. The summed E-state index contributed by atoms with van der Waals surface area (Å²) in [4.78, 5) is 39.9. The van der Waals surface area contributed by atoms with E-state index in [1.165, 1.54) is 40.8 Å². The van der Waals surface area contributed by atoms with Crippen LogP contribution in [0.3, 0.4) is 0 Å². The van der Waals surface area contributed by atoms with Gasteiger partial charge in [0.1, 0.15) is 0 Å². The highest BCUT2D eigenvalue weighted by Crippen LogP contribution is 2.32. The SMILES string of the molecule is Cn1c(CN2CCN(C(=O)c3ccccc3C(F)(F)F)CC2)cc(=O)n(C)c1=O. The Morgan fingerprint density at radius 3 is 2.24 bits per heavy atom. The molecule has 0 spiro atoms. The number of hydrogen-bond donors (Lipinski definition) is 0. The predicted molar refractivity (Wildman–Crippen MR) is 99.5 cm³/mol. The number of halogens is 3. The largest absolute Gasteiger partial charge is 0.417 e. The highest BCUT2D eigenvalue weighted by molar-refractivity contribution is 5.96. The zero-order chi connectivity index (χ0) is 21.3. The second-order valence-electron chi connectivity index (χ2n) is 6.99. The Balaban J connectivity index is 1.70. The first-order valence-corrected chi connectivity index (χ1v) is 9.03. The Hall–Kier alpha value is -2.88. The lowest BCUT2D eigenvalue weighted by atomic mass is 10.1. The van der Waals surface area contributed by atoms with Gasteiger partial charge >= 0.3 is 11.9 Å². The van der Waals surface area contributed by atoms with Crippen LogP contribution >= 0.6 is 0 Å². The maximum Gasteiger partial charge on any atom is 0.417 e. The molecule has 1 aliphatic rings. The standard InChI is InChI=1S/C19H21F3N4O3/c1-23-13(11-16(27)24(2)18(23)29)12-25-7-9-26(10-8-25)17(28)14-5-3-4-6-15(14)19(20,21)22/h3-6,11H,7-10,12H2,1-2H3. The van der Waals surface area contributed by atoms with Crippen LogP contribution in [-0.2, 0) is 26.8 Å². The number of amides is 1. The van der Waals surface area contributed by atoms with Crippen molar-refractivity contribution in [1.82, 2.24) is 18.9 Å². The molecule has 2 heterocycles. The average Bonchev–Trinajstić information content (AvgIpc) is 2.70. The number of alkyl halides is 3. The van der Waals surface area contributed by atoms with Gasteiger partial charge in [-0.3, -0.25) is 23.6 Å². The van der Waals surface area contributed by atoms with Crippen LogP contribution in [0.5, 0.6) is 0 Å². The van der Waals surface area contributed by atoms with Crippen molar-refractivity contribution < 1.29 is 18.0 Å². The first kappa shape index (κ1) is 20.8. The topological polar surface area (TPSA) is 67.5 Å². The van der Waals surface area contributed by atoms with Crippen LogP contribution in [0.25, 0.3) is 0 Å². The fraction of sp³-hybridized carbons (Fsp3) is 0.421. The lowest BCUT2D eigenvalue weighted by Gasteiger charge is -2.35. The summed E-state index contributed by atoms with van der Waals surface area (Å²) in [5.74, 6) is -0.654. The normalized spacial score (nSPS) is 15.6. The molecule has 29 heavy (non-hydrogen) atoms. The Bertz CT molecular complexity index is 1030. The summed E-state index contributed by atoms with van der Waals surface area (Å²) in [5.41, 5.74) is -1.59. The molecule has 10 heteroatoms. The van der Waals surface area contributed by atoms with Gasteiger partial charge in [-0.25, -0.2) is 4.79 Å². The fourth-order valence-corrected chi connectivity index (χ4v) is 3.36. The maximum absolute atomic E-state index is 13.2. The minimum Gasteiger partial charge on any atom is -0.336 e. The van der Waals surface area contributed by atoms with Crippen LogP contribution in [0, 0.1) is 0 Å². The van der Waals surface area contributed by atoms with Gasteiger partial charge in [0.25, 0.3) is 11.5 Å². The van der Waals surface area contributed by atoms with Gasteiger partial charge in [0.05, 0.1) is 11.1 Å². The summed E-state index contributed by atoms with van der Waals surface area (Å²) >= 11 is 0. The zero-order valence-corrected chi connectivity index (χ0v) is 16.1. The van der Waals surface area contributed by atoms with Crippen molar-refractivity contribution >= 4 is 5.91 Å². The molecule has 1 amide bonds. The van der Waals surface area contributed by atoms with E-state index in [-0.39, 0.29) is 18.7 Å². The number of carbonyl (C=O) groups is 1. The van der Waals surface area contributed by atoms with Gasteiger partial charge in [-0.05, 0) is 12.1 Å². The van der Waals surface area contributed by atoms with Crippen LogP contribution in [0.15, 0.2) is 39.9 Å². The molecule has 1 aromatic carbocycles. The van der Waals surface area contributed by atoms with Gasteiger partial charge in [-0.2, -0.15) is 13.2 Å². The molecular weight excluding hydrogens is 389 g/mol. The van der Waals surface area contributed by atoms with Gasteiger partial charge in [0.2, 0.25) is 0 Å². The van der Waals surface area contributed by atoms with Gasteiger partial charge < -0.3 is 4.90 Å². The van der Waals surface area contributed by atoms with E-state index < -0.39 is 28.9 Å². The number of aromatic nitrogens is 2. The number of benzene rings is 1. The number of nitrogens with zero attached hydrogens (tertiary/aromatic N) is 4. The van der Waals surface area contributed by atoms with Crippen LogP contribution in [0.4, 0.5) is 13.2 Å². The summed E-state index contributed by atoms with van der Waals surface area (Å²) < 4.78 is 41.9. The van der Waals surface area contributed by atoms with Gasteiger partial charge in [-0.1, -0.05) is 12.1 Å². The number of hydrogen-bond acceptors (Lipinski definition) is 4. The van der Waals surface area contributed by atoms with E-state index in [2.05, 4.69) is 0 Å². The zero-order valence-electron chi connectivity index (χ0n) is 16.1. The molecule has 0 saturated carbocycles. The van der Waals surface area contributed by atoms with E-state index in [9.17, 15) is 27.6 Å². The van der Waals surface area contributed by atoms with Crippen molar-refractivity contribution in [2.75, 3.05) is 26.2 Å². The Kier molecular flexibility index (Phi) is 5.65. The fourth-order valence-electron chi connectivity index (χ4n) is 3.36. The van der Waals surface area contributed by atoms with Crippen LogP contribution in [-0.4, -0.2) is 51.0 Å². The molecule has 0 bridgehead atoms. The number of piperazine rings is 1. The minimum atomic E-state index is -4.60. The molecule has 2 aromatic rings. The second-order valence-corrected chi connectivity index (χ2v) is 6.99. The third kappa shape index (κ3) is 4.26. The van der Waals surface area contributed by atoms with E-state index in [4.69, 9.17) is 0 Å². The monoisotopic (exact) mass is 410 g/mol. The Morgan fingerprint density at radius 1 is 1.00 bits per heavy atom. The quantitative estimate of drug-likeness (QED) is 0.759. The summed E-state index contributed by atoms with van der Waals surface area (Å²) in [6.45, 7) is 1.68. The first-order valence-electron chi connectivity index (χ1n) is 9.03. The third-order valence-corrected chi connectivity index (χ3v) is 5.13. The van der Waals surface area contributed by atoms with E-state index in [0.29, 0.717) is 25.3 Å². The molecule has 1 saturated heterocycles. The van der Waals surface area contributed by atoms with E-state index >= 15 is 0 Å². The molecule has 1 aromatic heterocycles. The molecule has 0 atom stereocenters. The van der Waals surface area contributed by atoms with E-state index in [0.717, 1.165) is 10.6 Å². The highest BCUT2D eigenvalue weighted by atomic mass is 19.4. The molecule has 1 aliphatic heterocycles. The Labute approximate surface area is 164 Å². The number of carbonyl (C=O) groups excluding carboxylic acids is 1. The van der Waals surface area contributed by atoms with Crippen molar-refractivity contribution in [2.24, 2.45) is 14.1 Å². The summed E-state index contributed by atoms with van der Waals surface area (Å²) in [6.07, 6.45) is -4.60. The van der Waals surface area contributed by atoms with Crippen molar-refractivity contribution in [3.63, 3.8) is 0 Å². The lowest BCUT2D eigenvalue weighted by molar-refractivity contribution is -0.138. The molecule has 156 valence electrons. The maximum atomic E-state index is 13.2. The van der Waals surface area contributed by atoms with E-state index in [1.54, 1.807) is 7.05 Å². The summed E-state index contributed by atoms with van der Waals surface area (Å²) in [5, 5.41) is 0. The molecular formula is C19H21F3N4O3. The second kappa shape index (κ2) is 7.86. The van der Waals surface area contributed by atoms with Crippen molar-refractivity contribution in [1.29, 1.82) is 0 Å². The molecule has 0 unspecified atom stereocenters. The van der Waals surface area contributed by atoms with Crippen molar-refractivity contribution in [3.05, 3.63) is 68.0 Å². The molecule has 0 N–H and O–H groups in total. The molecule has 0 aliphatic carbocycles. The molecule has 1 fully saturated rings. The first-order chi connectivity index (χ1) is 13.6. The lowest BCUT2D eigenvalue weighted by Crippen LogP contribution is -2.49. The van der Waals surface area contributed by atoms with Crippen LogP contribution in [0.2, 0.25) is 0 Å². The van der Waals surface area contributed by atoms with Crippen LogP contribution in [0.1, 0.15) is 21.6 Å². The summed E-state index contributed by atoms with van der Waals surface area (Å²) in [7, 11) is 2.97. The highest BCUT2D eigenvalue weighted by Gasteiger charge is 2.36. The molecule has 7 nitrogen and oxygen atoms in total. The van der Waals surface area contributed by atoms with E-state index in [1.807, 2.05) is 4.90 Å². The minimum absolute atomic E-state index is 0.254. The van der Waals surface area contributed by atoms with Crippen molar-refractivity contribution in [3.8, 4) is 0 Å².